The van der Waals surface area contributed by atoms with E-state index in [9.17, 15) is 0 Å². The number of aryl methyl sites for hydroxylation is 1. The molecule has 2 aromatic rings. The van der Waals surface area contributed by atoms with Gasteiger partial charge in [0.15, 0.2) is 5.65 Å². The molecule has 1 fully saturated rings. The average Bonchev–Trinajstić information content (AvgIpc) is 2.86. The molecule has 1 aliphatic rings. The molecule has 0 saturated heterocycles. The number of rotatable bonds is 1. The van der Waals surface area contributed by atoms with Crippen LogP contribution in [0.3, 0.4) is 0 Å². The molecule has 0 atom stereocenters. The maximum atomic E-state index is 6.43. The molecule has 0 radical (unpaired) electrons. The fraction of sp³-hybridized carbons (Fsp3) is 0.500. The summed E-state index contributed by atoms with van der Waals surface area (Å²) in [4.78, 5) is 8.87. The molecule has 0 amide bonds. The van der Waals surface area contributed by atoms with E-state index in [1.807, 2.05) is 19.2 Å². The number of nitrogens with zero attached hydrogens (tertiary/aromatic N) is 3. The number of imidazole rings is 1. The summed E-state index contributed by atoms with van der Waals surface area (Å²) in [5.74, 6) is 0.985. The Morgan fingerprint density at radius 3 is 2.81 bits per heavy atom. The third kappa shape index (κ3) is 1.26. The highest BCUT2D eigenvalue weighted by molar-refractivity contribution is 5.71. The van der Waals surface area contributed by atoms with Crippen LogP contribution < -0.4 is 5.73 Å². The first-order valence-electron chi connectivity index (χ1n) is 5.77. The fourth-order valence-corrected chi connectivity index (χ4v) is 2.70. The second-order valence-corrected chi connectivity index (χ2v) is 4.70. The Morgan fingerprint density at radius 1 is 1.38 bits per heavy atom. The molecule has 1 aliphatic carbocycles. The van der Waals surface area contributed by atoms with Crippen LogP contribution in [0, 0.1) is 0 Å². The minimum absolute atomic E-state index is 0.241. The highest BCUT2D eigenvalue weighted by Crippen LogP contribution is 2.36. The van der Waals surface area contributed by atoms with Crippen molar-refractivity contribution in [3.8, 4) is 0 Å². The maximum absolute atomic E-state index is 6.43. The van der Waals surface area contributed by atoms with Crippen LogP contribution in [0.5, 0.6) is 0 Å². The van der Waals surface area contributed by atoms with Crippen molar-refractivity contribution >= 4 is 11.2 Å². The van der Waals surface area contributed by atoms with Crippen molar-refractivity contribution in [3.05, 3.63) is 24.2 Å². The van der Waals surface area contributed by atoms with E-state index in [-0.39, 0.29) is 5.54 Å². The molecule has 84 valence electrons. The van der Waals surface area contributed by atoms with Crippen molar-refractivity contribution in [2.45, 2.75) is 31.2 Å². The second-order valence-electron chi connectivity index (χ2n) is 4.70. The molecule has 0 unspecified atom stereocenters. The van der Waals surface area contributed by atoms with Crippen molar-refractivity contribution in [2.24, 2.45) is 12.8 Å². The van der Waals surface area contributed by atoms with E-state index in [0.29, 0.717) is 0 Å². The lowest BCUT2D eigenvalue weighted by Crippen LogP contribution is -2.36. The van der Waals surface area contributed by atoms with Gasteiger partial charge in [-0.15, -0.1) is 0 Å². The number of fused-ring (bicyclic) bond motifs is 1. The molecule has 2 heterocycles. The monoisotopic (exact) mass is 216 g/mol. The summed E-state index contributed by atoms with van der Waals surface area (Å²) in [6.45, 7) is 0. The Morgan fingerprint density at radius 2 is 2.12 bits per heavy atom. The normalized spacial score (nSPS) is 19.4. The lowest BCUT2D eigenvalue weighted by atomic mass is 9.98. The van der Waals surface area contributed by atoms with Crippen LogP contribution in [0.25, 0.3) is 11.2 Å². The smallest absolute Gasteiger partial charge is 0.177 e. The van der Waals surface area contributed by atoms with Crippen LogP contribution >= 0.6 is 0 Å². The summed E-state index contributed by atoms with van der Waals surface area (Å²) in [5.41, 5.74) is 8.06. The van der Waals surface area contributed by atoms with Gasteiger partial charge in [-0.1, -0.05) is 12.8 Å². The Hall–Kier alpha value is -1.42. The molecule has 0 aromatic carbocycles. The third-order valence-electron chi connectivity index (χ3n) is 3.60. The van der Waals surface area contributed by atoms with Crippen LogP contribution in [-0.2, 0) is 12.6 Å². The van der Waals surface area contributed by atoms with Gasteiger partial charge in [-0.3, -0.25) is 0 Å². The van der Waals surface area contributed by atoms with Gasteiger partial charge in [-0.25, -0.2) is 9.97 Å². The van der Waals surface area contributed by atoms with Crippen molar-refractivity contribution < 1.29 is 0 Å². The van der Waals surface area contributed by atoms with E-state index >= 15 is 0 Å². The minimum atomic E-state index is -0.241. The zero-order valence-electron chi connectivity index (χ0n) is 9.48. The lowest BCUT2D eigenvalue weighted by molar-refractivity contribution is 0.420. The molecule has 0 aliphatic heterocycles. The van der Waals surface area contributed by atoms with Gasteiger partial charge in [0.05, 0.1) is 11.1 Å². The Kier molecular flexibility index (Phi) is 2.01. The van der Waals surface area contributed by atoms with Crippen molar-refractivity contribution in [3.63, 3.8) is 0 Å². The number of hydrogen-bond donors (Lipinski definition) is 1. The molecular weight excluding hydrogens is 200 g/mol. The van der Waals surface area contributed by atoms with E-state index in [1.165, 1.54) is 12.8 Å². The molecule has 0 spiro atoms. The summed E-state index contributed by atoms with van der Waals surface area (Å²) in [7, 11) is 2.03. The minimum Gasteiger partial charge on any atom is -0.328 e. The first-order chi connectivity index (χ1) is 7.71. The standard InChI is InChI=1S/C12H16N4/c1-16-9-5-4-8-14-10(9)15-11(16)12(13)6-2-3-7-12/h4-5,8H,2-3,6-7,13H2,1H3. The van der Waals surface area contributed by atoms with Gasteiger partial charge < -0.3 is 10.3 Å². The summed E-state index contributed by atoms with van der Waals surface area (Å²) in [5, 5.41) is 0. The van der Waals surface area contributed by atoms with Gasteiger partial charge >= 0.3 is 0 Å². The predicted octanol–water partition coefficient (Wildman–Crippen LogP) is 1.70. The lowest BCUT2D eigenvalue weighted by Gasteiger charge is -2.22. The van der Waals surface area contributed by atoms with Gasteiger partial charge in [-0.05, 0) is 25.0 Å². The van der Waals surface area contributed by atoms with Gasteiger partial charge in [0.1, 0.15) is 5.82 Å². The van der Waals surface area contributed by atoms with Crippen molar-refractivity contribution in [1.82, 2.24) is 14.5 Å². The molecular formula is C12H16N4. The van der Waals surface area contributed by atoms with Crippen LogP contribution in [-0.4, -0.2) is 14.5 Å². The summed E-state index contributed by atoms with van der Waals surface area (Å²) < 4.78 is 2.09. The Balaban J connectivity index is 2.20. The summed E-state index contributed by atoms with van der Waals surface area (Å²) >= 11 is 0. The van der Waals surface area contributed by atoms with E-state index in [0.717, 1.165) is 29.8 Å². The van der Waals surface area contributed by atoms with Gasteiger partial charge in [0, 0.05) is 13.2 Å². The van der Waals surface area contributed by atoms with Crippen molar-refractivity contribution in [2.75, 3.05) is 0 Å². The zero-order chi connectivity index (χ0) is 11.2. The Bertz CT molecular complexity index is 523. The first kappa shape index (κ1) is 9.78. The summed E-state index contributed by atoms with van der Waals surface area (Å²) in [6.07, 6.45) is 6.24. The number of hydrogen-bond acceptors (Lipinski definition) is 3. The number of nitrogens with two attached hydrogens (primary N) is 1. The second kappa shape index (κ2) is 3.28. The van der Waals surface area contributed by atoms with Crippen LogP contribution in [0.15, 0.2) is 18.3 Å². The number of pyridine rings is 1. The van der Waals surface area contributed by atoms with E-state index in [1.54, 1.807) is 6.20 Å². The van der Waals surface area contributed by atoms with E-state index in [4.69, 9.17) is 5.73 Å². The molecule has 2 N–H and O–H groups in total. The predicted molar refractivity (Wildman–Crippen MR) is 62.8 cm³/mol. The van der Waals surface area contributed by atoms with Gasteiger partial charge in [-0.2, -0.15) is 0 Å². The quantitative estimate of drug-likeness (QED) is 0.789. The first-order valence-corrected chi connectivity index (χ1v) is 5.77. The fourth-order valence-electron chi connectivity index (χ4n) is 2.70. The highest BCUT2D eigenvalue weighted by atomic mass is 15.1. The molecule has 4 nitrogen and oxygen atoms in total. The zero-order valence-corrected chi connectivity index (χ0v) is 9.48. The topological polar surface area (TPSA) is 56.7 Å². The van der Waals surface area contributed by atoms with Gasteiger partial charge in [0.25, 0.3) is 0 Å². The van der Waals surface area contributed by atoms with Gasteiger partial charge in [0.2, 0.25) is 0 Å². The molecule has 3 rings (SSSR count). The van der Waals surface area contributed by atoms with Crippen LogP contribution in [0.1, 0.15) is 31.5 Å². The maximum Gasteiger partial charge on any atom is 0.177 e. The highest BCUT2D eigenvalue weighted by Gasteiger charge is 2.35. The molecule has 4 heteroatoms. The van der Waals surface area contributed by atoms with Crippen molar-refractivity contribution in [1.29, 1.82) is 0 Å². The van der Waals surface area contributed by atoms with E-state index in [2.05, 4.69) is 14.5 Å². The average molecular weight is 216 g/mol. The molecule has 2 aromatic heterocycles. The SMILES string of the molecule is Cn1c(C2(N)CCCC2)nc2ncccc21. The molecule has 0 bridgehead atoms. The Labute approximate surface area is 94.5 Å². The largest absolute Gasteiger partial charge is 0.328 e. The summed E-state index contributed by atoms with van der Waals surface area (Å²) in [6, 6.07) is 3.97. The van der Waals surface area contributed by atoms with E-state index < -0.39 is 0 Å². The van der Waals surface area contributed by atoms with Crippen LogP contribution in [0.4, 0.5) is 0 Å². The van der Waals surface area contributed by atoms with Crippen LogP contribution in [0.2, 0.25) is 0 Å². The third-order valence-corrected chi connectivity index (χ3v) is 3.60. The number of aromatic nitrogens is 3. The molecule has 16 heavy (non-hydrogen) atoms. The molecule has 1 saturated carbocycles.